The van der Waals surface area contributed by atoms with E-state index in [4.69, 9.17) is 4.74 Å². The first-order valence-corrected chi connectivity index (χ1v) is 6.75. The lowest BCUT2D eigenvalue weighted by Gasteiger charge is -2.12. The zero-order chi connectivity index (χ0) is 12.1. The first kappa shape index (κ1) is 12.4. The summed E-state index contributed by atoms with van der Waals surface area (Å²) in [5.41, 5.74) is 1.39. The Morgan fingerprint density at radius 2 is 2.06 bits per heavy atom. The SMILES string of the molecule is CCCCOc1ccc([C@@H]2C[C@H](C)CN2)cc1. The van der Waals surface area contributed by atoms with Gasteiger partial charge >= 0.3 is 0 Å². The van der Waals surface area contributed by atoms with Gasteiger partial charge in [0.15, 0.2) is 0 Å². The van der Waals surface area contributed by atoms with E-state index in [2.05, 4.69) is 43.4 Å². The summed E-state index contributed by atoms with van der Waals surface area (Å²) in [6.07, 6.45) is 3.56. The Morgan fingerprint density at radius 1 is 1.29 bits per heavy atom. The van der Waals surface area contributed by atoms with Crippen molar-refractivity contribution in [3.8, 4) is 5.75 Å². The molecule has 17 heavy (non-hydrogen) atoms. The van der Waals surface area contributed by atoms with Crippen LogP contribution in [0.5, 0.6) is 5.75 Å². The van der Waals surface area contributed by atoms with Crippen molar-refractivity contribution >= 4 is 0 Å². The van der Waals surface area contributed by atoms with E-state index < -0.39 is 0 Å². The second kappa shape index (κ2) is 6.06. The zero-order valence-corrected chi connectivity index (χ0v) is 10.9. The van der Waals surface area contributed by atoms with Gasteiger partial charge in [-0.2, -0.15) is 0 Å². The van der Waals surface area contributed by atoms with E-state index in [1.807, 2.05) is 0 Å². The Morgan fingerprint density at radius 3 is 2.65 bits per heavy atom. The summed E-state index contributed by atoms with van der Waals surface area (Å²) in [6.45, 7) is 6.45. The fourth-order valence-corrected chi connectivity index (χ4v) is 2.30. The third kappa shape index (κ3) is 3.47. The summed E-state index contributed by atoms with van der Waals surface area (Å²) in [5, 5.41) is 3.55. The molecule has 0 unspecified atom stereocenters. The first-order chi connectivity index (χ1) is 8.29. The van der Waals surface area contributed by atoms with Gasteiger partial charge in [0.1, 0.15) is 5.75 Å². The van der Waals surface area contributed by atoms with Crippen LogP contribution in [0.4, 0.5) is 0 Å². The van der Waals surface area contributed by atoms with Crippen LogP contribution in [0.1, 0.15) is 44.7 Å². The minimum Gasteiger partial charge on any atom is -0.494 e. The first-order valence-electron chi connectivity index (χ1n) is 6.75. The van der Waals surface area contributed by atoms with Gasteiger partial charge in [-0.05, 0) is 43.0 Å². The molecule has 1 saturated heterocycles. The third-order valence-corrected chi connectivity index (χ3v) is 3.40. The number of unbranched alkanes of at least 4 members (excludes halogenated alkanes) is 1. The normalized spacial score (nSPS) is 23.9. The van der Waals surface area contributed by atoms with Crippen LogP contribution in [-0.2, 0) is 0 Å². The molecule has 2 nitrogen and oxygen atoms in total. The monoisotopic (exact) mass is 233 g/mol. The molecular weight excluding hydrogens is 210 g/mol. The maximum atomic E-state index is 5.66. The van der Waals surface area contributed by atoms with Gasteiger partial charge in [0.05, 0.1) is 6.61 Å². The maximum Gasteiger partial charge on any atom is 0.119 e. The van der Waals surface area contributed by atoms with Gasteiger partial charge < -0.3 is 10.1 Å². The summed E-state index contributed by atoms with van der Waals surface area (Å²) in [5.74, 6) is 1.79. The molecule has 0 spiro atoms. The highest BCUT2D eigenvalue weighted by Crippen LogP contribution is 2.27. The lowest BCUT2D eigenvalue weighted by atomic mass is 10.0. The second-order valence-corrected chi connectivity index (χ2v) is 5.07. The van der Waals surface area contributed by atoms with E-state index in [1.54, 1.807) is 0 Å². The highest BCUT2D eigenvalue weighted by molar-refractivity contribution is 5.29. The van der Waals surface area contributed by atoms with Crippen LogP contribution in [0, 0.1) is 5.92 Å². The van der Waals surface area contributed by atoms with Gasteiger partial charge in [-0.3, -0.25) is 0 Å². The summed E-state index contributed by atoms with van der Waals surface area (Å²) >= 11 is 0. The van der Waals surface area contributed by atoms with Crippen molar-refractivity contribution in [3.63, 3.8) is 0 Å². The predicted octanol–water partition coefficient (Wildman–Crippen LogP) is 3.54. The molecule has 1 N–H and O–H groups in total. The number of benzene rings is 1. The highest BCUT2D eigenvalue weighted by Gasteiger charge is 2.21. The van der Waals surface area contributed by atoms with Crippen LogP contribution < -0.4 is 10.1 Å². The third-order valence-electron chi connectivity index (χ3n) is 3.40. The number of rotatable bonds is 5. The standard InChI is InChI=1S/C15H23NO/c1-3-4-9-17-14-7-5-13(6-8-14)15-10-12(2)11-16-15/h5-8,12,15-16H,3-4,9-11H2,1-2H3/t12-,15-/m0/s1. The lowest BCUT2D eigenvalue weighted by Crippen LogP contribution is -2.13. The van der Waals surface area contributed by atoms with E-state index in [0.717, 1.165) is 31.2 Å². The predicted molar refractivity (Wildman–Crippen MR) is 71.4 cm³/mol. The Hall–Kier alpha value is -1.02. The molecule has 0 saturated carbocycles. The van der Waals surface area contributed by atoms with Gasteiger partial charge in [0, 0.05) is 6.04 Å². The molecule has 0 aromatic heterocycles. The van der Waals surface area contributed by atoms with Crippen LogP contribution in [0.25, 0.3) is 0 Å². The molecule has 1 fully saturated rings. The molecular formula is C15H23NO. The molecule has 1 aromatic carbocycles. The second-order valence-electron chi connectivity index (χ2n) is 5.07. The zero-order valence-electron chi connectivity index (χ0n) is 10.9. The fraction of sp³-hybridized carbons (Fsp3) is 0.600. The summed E-state index contributed by atoms with van der Waals surface area (Å²) in [4.78, 5) is 0. The van der Waals surface area contributed by atoms with E-state index in [1.165, 1.54) is 18.4 Å². The van der Waals surface area contributed by atoms with E-state index >= 15 is 0 Å². The fourth-order valence-electron chi connectivity index (χ4n) is 2.30. The van der Waals surface area contributed by atoms with Gasteiger partial charge in [-0.1, -0.05) is 32.4 Å². The Bertz CT molecular complexity index is 333. The van der Waals surface area contributed by atoms with Crippen LogP contribution in [0.3, 0.4) is 0 Å². The molecule has 2 atom stereocenters. The number of hydrogen-bond donors (Lipinski definition) is 1. The average molecular weight is 233 g/mol. The van der Waals surface area contributed by atoms with Crippen molar-refractivity contribution in [1.29, 1.82) is 0 Å². The molecule has 1 aliphatic rings. The quantitative estimate of drug-likeness (QED) is 0.785. The largest absolute Gasteiger partial charge is 0.494 e. The molecule has 2 heteroatoms. The topological polar surface area (TPSA) is 21.3 Å². The van der Waals surface area contributed by atoms with E-state index in [0.29, 0.717) is 6.04 Å². The highest BCUT2D eigenvalue weighted by atomic mass is 16.5. The van der Waals surface area contributed by atoms with Crippen LogP contribution in [0.2, 0.25) is 0 Å². The van der Waals surface area contributed by atoms with Crippen molar-refractivity contribution in [3.05, 3.63) is 29.8 Å². The maximum absolute atomic E-state index is 5.66. The van der Waals surface area contributed by atoms with Gasteiger partial charge in [-0.15, -0.1) is 0 Å². The number of hydrogen-bond acceptors (Lipinski definition) is 2. The van der Waals surface area contributed by atoms with Crippen molar-refractivity contribution < 1.29 is 4.74 Å². The average Bonchev–Trinajstić information content (AvgIpc) is 2.77. The molecule has 1 aliphatic heterocycles. The molecule has 1 aromatic rings. The van der Waals surface area contributed by atoms with Crippen molar-refractivity contribution in [2.45, 2.75) is 39.2 Å². The van der Waals surface area contributed by atoms with Gasteiger partial charge in [-0.25, -0.2) is 0 Å². The smallest absolute Gasteiger partial charge is 0.119 e. The summed E-state index contributed by atoms with van der Waals surface area (Å²) in [6, 6.07) is 9.11. The van der Waals surface area contributed by atoms with E-state index in [9.17, 15) is 0 Å². The molecule has 0 radical (unpaired) electrons. The van der Waals surface area contributed by atoms with Gasteiger partial charge in [0.2, 0.25) is 0 Å². The minimum absolute atomic E-state index is 0.537. The van der Waals surface area contributed by atoms with Crippen LogP contribution in [-0.4, -0.2) is 13.2 Å². The lowest BCUT2D eigenvalue weighted by molar-refractivity contribution is 0.309. The molecule has 94 valence electrons. The summed E-state index contributed by atoms with van der Waals surface area (Å²) in [7, 11) is 0. The Kier molecular flexibility index (Phi) is 4.43. The van der Waals surface area contributed by atoms with E-state index in [-0.39, 0.29) is 0 Å². The van der Waals surface area contributed by atoms with Crippen molar-refractivity contribution in [2.75, 3.05) is 13.2 Å². The van der Waals surface area contributed by atoms with Crippen molar-refractivity contribution in [1.82, 2.24) is 5.32 Å². The van der Waals surface area contributed by atoms with Crippen LogP contribution >= 0.6 is 0 Å². The number of ether oxygens (including phenoxy) is 1. The number of nitrogens with one attached hydrogen (secondary N) is 1. The van der Waals surface area contributed by atoms with Crippen molar-refractivity contribution in [2.24, 2.45) is 5.92 Å². The Labute approximate surface area is 104 Å². The Balaban J connectivity index is 1.89. The molecule has 2 rings (SSSR count). The molecule has 1 heterocycles. The molecule has 0 amide bonds. The molecule has 0 aliphatic carbocycles. The molecule has 0 bridgehead atoms. The van der Waals surface area contributed by atoms with Crippen LogP contribution in [0.15, 0.2) is 24.3 Å². The van der Waals surface area contributed by atoms with Gasteiger partial charge in [0.25, 0.3) is 0 Å². The minimum atomic E-state index is 0.537. The summed E-state index contributed by atoms with van der Waals surface area (Å²) < 4.78 is 5.66.